The Kier molecular flexibility index (Phi) is 3.33. The third-order valence-electron chi connectivity index (χ3n) is 3.15. The van der Waals surface area contributed by atoms with Crippen molar-refractivity contribution in [2.24, 2.45) is 0 Å². The molecule has 0 aliphatic carbocycles. The standard InChI is InChI=1S/C17H16O3/c1-12-6-7-13-9-16(20-17(13)8-12)11-19-15-5-3-4-14(10-15)18-2/h3-10H,11H2,1-2H3. The van der Waals surface area contributed by atoms with Gasteiger partial charge in [-0.3, -0.25) is 0 Å². The lowest BCUT2D eigenvalue weighted by Crippen LogP contribution is -1.93. The quantitative estimate of drug-likeness (QED) is 0.705. The lowest BCUT2D eigenvalue weighted by Gasteiger charge is -2.05. The van der Waals surface area contributed by atoms with E-state index in [0.717, 1.165) is 28.2 Å². The van der Waals surface area contributed by atoms with Crippen molar-refractivity contribution in [3.8, 4) is 11.5 Å². The minimum atomic E-state index is 0.404. The Morgan fingerprint density at radius 1 is 1.00 bits per heavy atom. The van der Waals surface area contributed by atoms with Gasteiger partial charge in [-0.2, -0.15) is 0 Å². The largest absolute Gasteiger partial charge is 0.497 e. The number of furan rings is 1. The van der Waals surface area contributed by atoms with Gasteiger partial charge < -0.3 is 13.9 Å². The summed E-state index contributed by atoms with van der Waals surface area (Å²) in [6, 6.07) is 15.7. The van der Waals surface area contributed by atoms with E-state index in [-0.39, 0.29) is 0 Å². The van der Waals surface area contributed by atoms with Crippen LogP contribution >= 0.6 is 0 Å². The third kappa shape index (κ3) is 2.62. The Morgan fingerprint density at radius 3 is 2.70 bits per heavy atom. The molecule has 0 saturated carbocycles. The van der Waals surface area contributed by atoms with E-state index in [1.165, 1.54) is 5.56 Å². The maximum Gasteiger partial charge on any atom is 0.146 e. The van der Waals surface area contributed by atoms with Gasteiger partial charge in [-0.1, -0.05) is 18.2 Å². The number of rotatable bonds is 4. The van der Waals surface area contributed by atoms with Crippen LogP contribution in [0, 0.1) is 6.92 Å². The van der Waals surface area contributed by atoms with E-state index < -0.39 is 0 Å². The van der Waals surface area contributed by atoms with Crippen molar-refractivity contribution in [1.82, 2.24) is 0 Å². The van der Waals surface area contributed by atoms with Gasteiger partial charge in [0, 0.05) is 11.5 Å². The molecule has 102 valence electrons. The van der Waals surface area contributed by atoms with Crippen LogP contribution in [0.2, 0.25) is 0 Å². The summed E-state index contributed by atoms with van der Waals surface area (Å²) in [5.41, 5.74) is 2.08. The zero-order valence-corrected chi connectivity index (χ0v) is 11.6. The van der Waals surface area contributed by atoms with Crippen LogP contribution in [-0.2, 0) is 6.61 Å². The molecule has 3 aromatic rings. The summed E-state index contributed by atoms with van der Waals surface area (Å²) in [6.07, 6.45) is 0. The van der Waals surface area contributed by atoms with Crippen molar-refractivity contribution in [3.05, 3.63) is 59.9 Å². The molecule has 3 rings (SSSR count). The average Bonchev–Trinajstić information content (AvgIpc) is 2.87. The van der Waals surface area contributed by atoms with E-state index in [1.807, 2.05) is 43.3 Å². The van der Waals surface area contributed by atoms with Crippen LogP contribution in [0.5, 0.6) is 11.5 Å². The Morgan fingerprint density at radius 2 is 1.85 bits per heavy atom. The van der Waals surface area contributed by atoms with Gasteiger partial charge >= 0.3 is 0 Å². The number of hydrogen-bond acceptors (Lipinski definition) is 3. The highest BCUT2D eigenvalue weighted by Gasteiger charge is 2.05. The van der Waals surface area contributed by atoms with Crippen LogP contribution in [0.15, 0.2) is 52.9 Å². The van der Waals surface area contributed by atoms with Crippen LogP contribution in [0.4, 0.5) is 0 Å². The van der Waals surface area contributed by atoms with E-state index in [0.29, 0.717) is 6.61 Å². The van der Waals surface area contributed by atoms with E-state index >= 15 is 0 Å². The van der Waals surface area contributed by atoms with Gasteiger partial charge in [0.15, 0.2) is 0 Å². The third-order valence-corrected chi connectivity index (χ3v) is 3.15. The average molecular weight is 268 g/mol. The second-order valence-electron chi connectivity index (χ2n) is 4.72. The molecular weight excluding hydrogens is 252 g/mol. The lowest BCUT2D eigenvalue weighted by atomic mass is 10.2. The molecule has 0 saturated heterocycles. The van der Waals surface area contributed by atoms with Crippen LogP contribution in [0.1, 0.15) is 11.3 Å². The van der Waals surface area contributed by atoms with Gasteiger partial charge in [0.25, 0.3) is 0 Å². The van der Waals surface area contributed by atoms with Crippen molar-refractivity contribution in [2.45, 2.75) is 13.5 Å². The van der Waals surface area contributed by atoms with Gasteiger partial charge in [-0.15, -0.1) is 0 Å². The second-order valence-corrected chi connectivity index (χ2v) is 4.72. The molecule has 0 spiro atoms. The first kappa shape index (κ1) is 12.6. The summed E-state index contributed by atoms with van der Waals surface area (Å²) in [5, 5.41) is 1.10. The highest BCUT2D eigenvalue weighted by atomic mass is 16.5. The maximum atomic E-state index is 5.77. The zero-order chi connectivity index (χ0) is 13.9. The maximum absolute atomic E-state index is 5.77. The fourth-order valence-electron chi connectivity index (χ4n) is 2.11. The van der Waals surface area contributed by atoms with Gasteiger partial charge in [0.2, 0.25) is 0 Å². The van der Waals surface area contributed by atoms with E-state index in [9.17, 15) is 0 Å². The van der Waals surface area contributed by atoms with E-state index in [1.54, 1.807) is 7.11 Å². The molecule has 0 radical (unpaired) electrons. The molecule has 0 fully saturated rings. The van der Waals surface area contributed by atoms with Gasteiger partial charge in [0.1, 0.15) is 29.4 Å². The number of ether oxygens (including phenoxy) is 2. The van der Waals surface area contributed by atoms with Crippen LogP contribution < -0.4 is 9.47 Å². The molecule has 0 atom stereocenters. The van der Waals surface area contributed by atoms with Crippen LogP contribution in [0.3, 0.4) is 0 Å². The molecule has 0 aliphatic rings. The van der Waals surface area contributed by atoms with Crippen molar-refractivity contribution < 1.29 is 13.9 Å². The molecule has 2 aromatic carbocycles. The van der Waals surface area contributed by atoms with Crippen LogP contribution in [0.25, 0.3) is 11.0 Å². The highest BCUT2D eigenvalue weighted by Crippen LogP contribution is 2.23. The number of methoxy groups -OCH3 is 1. The zero-order valence-electron chi connectivity index (χ0n) is 11.6. The number of benzene rings is 2. The lowest BCUT2D eigenvalue weighted by molar-refractivity contribution is 0.273. The Labute approximate surface area is 117 Å². The fourth-order valence-corrected chi connectivity index (χ4v) is 2.11. The molecule has 3 heteroatoms. The molecule has 0 bridgehead atoms. The molecule has 0 N–H and O–H groups in total. The molecule has 1 heterocycles. The summed E-state index contributed by atoms with van der Waals surface area (Å²) in [6.45, 7) is 2.45. The molecule has 0 aliphatic heterocycles. The van der Waals surface area contributed by atoms with Gasteiger partial charge in [0.05, 0.1) is 7.11 Å². The first-order valence-corrected chi connectivity index (χ1v) is 6.50. The monoisotopic (exact) mass is 268 g/mol. The number of hydrogen-bond donors (Lipinski definition) is 0. The summed E-state index contributed by atoms with van der Waals surface area (Å²) < 4.78 is 16.7. The molecule has 0 unspecified atom stereocenters. The molecule has 0 amide bonds. The van der Waals surface area contributed by atoms with Gasteiger partial charge in [-0.25, -0.2) is 0 Å². The summed E-state index contributed by atoms with van der Waals surface area (Å²) in [7, 11) is 1.64. The van der Waals surface area contributed by atoms with E-state index in [4.69, 9.17) is 13.9 Å². The predicted molar refractivity (Wildman–Crippen MR) is 78.3 cm³/mol. The Hall–Kier alpha value is -2.42. The summed E-state index contributed by atoms with van der Waals surface area (Å²) >= 11 is 0. The smallest absolute Gasteiger partial charge is 0.146 e. The summed E-state index contributed by atoms with van der Waals surface area (Å²) in [4.78, 5) is 0. The Balaban J connectivity index is 1.76. The predicted octanol–water partition coefficient (Wildman–Crippen LogP) is 4.33. The SMILES string of the molecule is COc1cccc(OCc2cc3ccc(C)cc3o2)c1. The molecule has 3 nitrogen and oxygen atoms in total. The molecule has 20 heavy (non-hydrogen) atoms. The minimum absolute atomic E-state index is 0.404. The van der Waals surface area contributed by atoms with Crippen LogP contribution in [-0.4, -0.2) is 7.11 Å². The first-order chi connectivity index (χ1) is 9.74. The second kappa shape index (κ2) is 5.29. The number of fused-ring (bicyclic) bond motifs is 1. The molecule has 1 aromatic heterocycles. The summed E-state index contributed by atoms with van der Waals surface area (Å²) in [5.74, 6) is 2.36. The minimum Gasteiger partial charge on any atom is -0.497 e. The number of aryl methyl sites for hydroxylation is 1. The normalized spacial score (nSPS) is 10.7. The van der Waals surface area contributed by atoms with Crippen molar-refractivity contribution in [3.63, 3.8) is 0 Å². The van der Waals surface area contributed by atoms with E-state index in [2.05, 4.69) is 12.1 Å². The van der Waals surface area contributed by atoms with Crippen molar-refractivity contribution in [1.29, 1.82) is 0 Å². The van der Waals surface area contributed by atoms with Crippen molar-refractivity contribution >= 4 is 11.0 Å². The fraction of sp³-hybridized carbons (Fsp3) is 0.176. The van der Waals surface area contributed by atoms with Crippen molar-refractivity contribution in [2.75, 3.05) is 7.11 Å². The first-order valence-electron chi connectivity index (χ1n) is 6.50. The van der Waals surface area contributed by atoms with Gasteiger partial charge in [-0.05, 0) is 36.8 Å². The molecular formula is C17H16O3. The highest BCUT2D eigenvalue weighted by molar-refractivity contribution is 5.78. The topological polar surface area (TPSA) is 31.6 Å². The Bertz CT molecular complexity index is 728.